The van der Waals surface area contributed by atoms with Gasteiger partial charge < -0.3 is 4.74 Å². The maximum Gasteiger partial charge on any atom is 0.283 e. The van der Waals surface area contributed by atoms with Crippen molar-refractivity contribution in [3.8, 4) is 5.75 Å². The molecule has 206 valence electrons. The summed E-state index contributed by atoms with van der Waals surface area (Å²) in [5.41, 5.74) is 0.434. The molecule has 0 spiro atoms. The molecule has 9 nitrogen and oxygen atoms in total. The van der Waals surface area contributed by atoms with Gasteiger partial charge in [-0.2, -0.15) is 12.5 Å². The molecule has 6 aromatic rings. The number of aromatic nitrogens is 3. The zero-order valence-electron chi connectivity index (χ0n) is 21.3. The number of fused-ring (bicyclic) bond motifs is 2. The van der Waals surface area contributed by atoms with Crippen LogP contribution in [0.3, 0.4) is 0 Å². The molecule has 0 fully saturated rings. The van der Waals surface area contributed by atoms with E-state index in [1.54, 1.807) is 54.6 Å². The summed E-state index contributed by atoms with van der Waals surface area (Å²) in [6.07, 6.45) is 0. The maximum absolute atomic E-state index is 13.9. The van der Waals surface area contributed by atoms with Gasteiger partial charge in [0.2, 0.25) is 5.78 Å². The number of carbonyl (C=O) groups is 1. The SMILES string of the molecule is COc1ccc2c(c1)cc(C(=O)c1ccc3c(c1)c(Cl)nn3S(=O)(=O)c1ccccc1)n2S(=O)(=O)c1ccccc1. The Morgan fingerprint density at radius 3 is 2.00 bits per heavy atom. The lowest BCUT2D eigenvalue weighted by molar-refractivity contribution is 0.103. The third-order valence-corrected chi connectivity index (χ3v) is 10.2. The van der Waals surface area contributed by atoms with Crippen molar-refractivity contribution < 1.29 is 26.4 Å². The van der Waals surface area contributed by atoms with Crippen LogP contribution in [0.15, 0.2) is 113 Å². The fraction of sp³-hybridized carbons (Fsp3) is 0.0345. The van der Waals surface area contributed by atoms with Crippen LogP contribution in [0.5, 0.6) is 5.75 Å². The van der Waals surface area contributed by atoms with Gasteiger partial charge in [0.05, 0.1) is 27.9 Å². The van der Waals surface area contributed by atoms with Gasteiger partial charge in [-0.25, -0.2) is 12.4 Å². The minimum atomic E-state index is -4.19. The average molecular weight is 606 g/mol. The van der Waals surface area contributed by atoms with E-state index in [-0.39, 0.29) is 37.1 Å². The second-order valence-corrected chi connectivity index (χ2v) is 13.0. The molecule has 0 radical (unpaired) electrons. The first-order valence-corrected chi connectivity index (χ1v) is 15.4. The van der Waals surface area contributed by atoms with Crippen LogP contribution in [0.1, 0.15) is 16.1 Å². The second-order valence-electron chi connectivity index (χ2n) is 9.05. The molecular formula is C29H20ClN3O6S2. The van der Waals surface area contributed by atoms with E-state index in [4.69, 9.17) is 16.3 Å². The third kappa shape index (κ3) is 4.38. The van der Waals surface area contributed by atoms with Gasteiger partial charge in [0.1, 0.15) is 11.4 Å². The molecule has 12 heteroatoms. The summed E-state index contributed by atoms with van der Waals surface area (Å²) >= 11 is 6.35. The number of rotatable bonds is 7. The number of hydrogen-bond acceptors (Lipinski definition) is 7. The fourth-order valence-corrected chi connectivity index (χ4v) is 7.74. The van der Waals surface area contributed by atoms with Gasteiger partial charge in [0.15, 0.2) is 5.15 Å². The topological polar surface area (TPSA) is 117 Å². The maximum atomic E-state index is 13.9. The minimum Gasteiger partial charge on any atom is -0.497 e. The van der Waals surface area contributed by atoms with Gasteiger partial charge in [-0.1, -0.05) is 48.0 Å². The molecule has 2 heterocycles. The van der Waals surface area contributed by atoms with Gasteiger partial charge in [-0.05, 0) is 66.7 Å². The van der Waals surface area contributed by atoms with E-state index in [1.165, 1.54) is 55.6 Å². The highest BCUT2D eigenvalue weighted by atomic mass is 35.5. The molecule has 0 bridgehead atoms. The molecule has 6 rings (SSSR count). The zero-order valence-corrected chi connectivity index (χ0v) is 23.7. The number of ketones is 1. The number of hydrogen-bond donors (Lipinski definition) is 0. The van der Waals surface area contributed by atoms with Crippen molar-refractivity contribution in [1.82, 2.24) is 13.2 Å². The lowest BCUT2D eigenvalue weighted by atomic mass is 10.1. The summed E-state index contributed by atoms with van der Waals surface area (Å²) in [4.78, 5) is 14.0. The van der Waals surface area contributed by atoms with E-state index in [2.05, 4.69) is 5.10 Å². The third-order valence-electron chi connectivity index (χ3n) is 6.61. The number of carbonyl (C=O) groups excluding carboxylic acids is 1. The number of nitrogens with zero attached hydrogens (tertiary/aromatic N) is 3. The predicted molar refractivity (Wildman–Crippen MR) is 155 cm³/mol. The first-order valence-electron chi connectivity index (χ1n) is 12.2. The highest BCUT2D eigenvalue weighted by Gasteiger charge is 2.28. The number of methoxy groups -OCH3 is 1. The molecule has 0 saturated carbocycles. The number of benzene rings is 4. The van der Waals surface area contributed by atoms with E-state index < -0.39 is 25.8 Å². The minimum absolute atomic E-state index is 0.00765. The Labute approximate surface area is 240 Å². The highest BCUT2D eigenvalue weighted by Crippen LogP contribution is 2.32. The Hall–Kier alpha value is -4.45. The molecule has 0 atom stereocenters. The van der Waals surface area contributed by atoms with E-state index in [9.17, 15) is 21.6 Å². The number of halogens is 1. The van der Waals surface area contributed by atoms with Crippen LogP contribution in [0.2, 0.25) is 5.15 Å². The fourth-order valence-electron chi connectivity index (χ4n) is 4.63. The lowest BCUT2D eigenvalue weighted by Gasteiger charge is -2.12. The van der Waals surface area contributed by atoms with Gasteiger partial charge in [0.25, 0.3) is 20.0 Å². The van der Waals surface area contributed by atoms with Crippen LogP contribution in [0.4, 0.5) is 0 Å². The van der Waals surface area contributed by atoms with Crippen LogP contribution in [-0.4, -0.2) is 42.9 Å². The molecule has 0 aliphatic rings. The lowest BCUT2D eigenvalue weighted by Crippen LogP contribution is -2.19. The summed E-state index contributed by atoms with van der Waals surface area (Å²) in [5.74, 6) is -0.123. The summed E-state index contributed by atoms with van der Waals surface area (Å²) in [7, 11) is -6.77. The molecule has 2 aromatic heterocycles. The normalized spacial score (nSPS) is 12.1. The second kappa shape index (κ2) is 9.88. The Morgan fingerprint density at radius 1 is 0.756 bits per heavy atom. The predicted octanol–water partition coefficient (Wildman–Crippen LogP) is 5.36. The standard InChI is InChI=1S/C29H20ClN3O6S2/c1-39-21-13-15-25-20(16-21)18-27(32(25)40(35,36)22-8-4-2-5-9-22)28(34)19-12-14-26-24(17-19)29(30)31-33(26)41(37,38)23-10-6-3-7-11-23/h2-18H,1H3. The largest absolute Gasteiger partial charge is 0.497 e. The zero-order chi connectivity index (χ0) is 28.9. The molecular weight excluding hydrogens is 586 g/mol. The van der Waals surface area contributed by atoms with Crippen LogP contribution in [-0.2, 0) is 20.0 Å². The van der Waals surface area contributed by atoms with E-state index in [0.29, 0.717) is 16.7 Å². The van der Waals surface area contributed by atoms with Crippen molar-refractivity contribution >= 4 is 59.2 Å². The number of ether oxygens (including phenoxy) is 1. The van der Waals surface area contributed by atoms with Gasteiger partial charge >= 0.3 is 0 Å². The quantitative estimate of drug-likeness (QED) is 0.225. The van der Waals surface area contributed by atoms with Crippen molar-refractivity contribution in [2.45, 2.75) is 9.79 Å². The molecule has 41 heavy (non-hydrogen) atoms. The van der Waals surface area contributed by atoms with Crippen LogP contribution in [0.25, 0.3) is 21.8 Å². The van der Waals surface area contributed by atoms with Crippen molar-refractivity contribution in [2.24, 2.45) is 0 Å². The molecule has 0 aliphatic heterocycles. The summed E-state index contributed by atoms with van der Waals surface area (Å²) < 4.78 is 61.2. The molecule has 4 aromatic carbocycles. The Kier molecular flexibility index (Phi) is 6.45. The van der Waals surface area contributed by atoms with Gasteiger partial charge in [-0.3, -0.25) is 4.79 Å². The first-order chi connectivity index (χ1) is 19.6. The molecule has 0 unspecified atom stereocenters. The highest BCUT2D eigenvalue weighted by molar-refractivity contribution is 7.90. The molecule has 0 aliphatic carbocycles. The Bertz CT molecular complexity index is 2190. The molecule has 0 N–H and O–H groups in total. The van der Waals surface area contributed by atoms with Crippen molar-refractivity contribution in [1.29, 1.82) is 0 Å². The summed E-state index contributed by atoms with van der Waals surface area (Å²) in [5, 5.41) is 4.60. The average Bonchev–Trinajstić information content (AvgIpc) is 3.55. The Balaban J connectivity index is 1.52. The van der Waals surface area contributed by atoms with E-state index >= 15 is 0 Å². The van der Waals surface area contributed by atoms with Crippen molar-refractivity contribution in [3.05, 3.63) is 120 Å². The van der Waals surface area contributed by atoms with Crippen molar-refractivity contribution in [3.63, 3.8) is 0 Å². The Morgan fingerprint density at radius 2 is 1.37 bits per heavy atom. The monoisotopic (exact) mass is 605 g/mol. The first kappa shape index (κ1) is 26.8. The van der Waals surface area contributed by atoms with E-state index in [0.717, 1.165) is 8.06 Å². The van der Waals surface area contributed by atoms with Gasteiger partial charge in [0, 0.05) is 16.3 Å². The van der Waals surface area contributed by atoms with E-state index in [1.807, 2.05) is 0 Å². The van der Waals surface area contributed by atoms with Crippen LogP contribution < -0.4 is 4.74 Å². The summed E-state index contributed by atoms with van der Waals surface area (Å²) in [6, 6.07) is 26.1. The van der Waals surface area contributed by atoms with Crippen LogP contribution >= 0.6 is 11.6 Å². The van der Waals surface area contributed by atoms with Crippen LogP contribution in [0, 0.1) is 0 Å². The van der Waals surface area contributed by atoms with Crippen molar-refractivity contribution in [2.75, 3.05) is 7.11 Å². The smallest absolute Gasteiger partial charge is 0.283 e. The molecule has 0 amide bonds. The summed E-state index contributed by atoms with van der Waals surface area (Å²) in [6.45, 7) is 0. The van der Waals surface area contributed by atoms with Gasteiger partial charge in [-0.15, -0.1) is 5.10 Å². The molecule has 0 saturated heterocycles.